The van der Waals surface area contributed by atoms with Gasteiger partial charge in [-0.2, -0.15) is 0 Å². The molecule has 2 rings (SSSR count). The maximum absolute atomic E-state index is 5.43. The molecule has 0 aromatic carbocycles. The maximum atomic E-state index is 5.43. The molecular weight excluding hydrogens is 258 g/mol. The maximum Gasteiger partial charge on any atom is 0.225 e. The van der Waals surface area contributed by atoms with Gasteiger partial charge in [-0.05, 0) is 17.7 Å². The summed E-state index contributed by atoms with van der Waals surface area (Å²) < 4.78 is 0. The summed E-state index contributed by atoms with van der Waals surface area (Å²) in [6, 6.07) is 3.19. The Bertz CT molecular complexity index is 333. The monoisotopic (exact) mass is 262 g/mol. The highest BCUT2D eigenvalue weighted by molar-refractivity contribution is 6.35. The normalized spacial score (nSPS) is 9.00. The van der Waals surface area contributed by atoms with Crippen LogP contribution in [0.1, 0.15) is 0 Å². The van der Waals surface area contributed by atoms with Crippen LogP contribution in [-0.4, -0.2) is 19.9 Å². The first-order valence-electron chi connectivity index (χ1n) is 3.74. The Balaban J connectivity index is 0.000000162. The summed E-state index contributed by atoms with van der Waals surface area (Å²) in [6.45, 7) is 0. The highest BCUT2D eigenvalue weighted by atomic mass is 35.5. The largest absolute Gasteiger partial charge is 0.245 e. The predicted octanol–water partition coefficient (Wildman–Crippen LogP) is 2.91. The molecule has 78 valence electrons. The van der Waals surface area contributed by atoms with E-state index in [0.717, 1.165) is 0 Å². The van der Waals surface area contributed by atoms with E-state index in [2.05, 4.69) is 19.9 Å². The van der Waals surface area contributed by atoms with Crippen molar-refractivity contribution in [1.82, 2.24) is 19.9 Å². The van der Waals surface area contributed by atoms with Crippen LogP contribution in [0.4, 0.5) is 0 Å². The molecule has 0 amide bonds. The minimum atomic E-state index is 0.0625. The summed E-state index contributed by atoms with van der Waals surface area (Å²) in [6.07, 6.45) is 4.88. The van der Waals surface area contributed by atoms with Crippen molar-refractivity contribution in [2.45, 2.75) is 0 Å². The smallest absolute Gasteiger partial charge is 0.225 e. The van der Waals surface area contributed by atoms with Crippen LogP contribution in [0, 0.1) is 0 Å². The molecule has 0 spiro atoms. The minimum Gasteiger partial charge on any atom is -0.245 e. The van der Waals surface area contributed by atoms with Gasteiger partial charge >= 0.3 is 0 Å². The molecule has 0 bridgehead atoms. The van der Waals surface area contributed by atoms with Crippen LogP contribution in [0.25, 0.3) is 0 Å². The molecule has 0 aliphatic rings. The van der Waals surface area contributed by atoms with Gasteiger partial charge in [-0.3, -0.25) is 0 Å². The van der Waals surface area contributed by atoms with Gasteiger partial charge in [0.2, 0.25) is 5.28 Å². The van der Waals surface area contributed by atoms with Crippen LogP contribution in [0.15, 0.2) is 30.9 Å². The first-order valence-corrected chi connectivity index (χ1v) is 4.87. The zero-order valence-corrected chi connectivity index (χ0v) is 9.58. The van der Waals surface area contributed by atoms with Crippen LogP contribution in [0.2, 0.25) is 15.6 Å². The van der Waals surface area contributed by atoms with E-state index < -0.39 is 0 Å². The van der Waals surface area contributed by atoms with Gasteiger partial charge in [-0.1, -0.05) is 23.2 Å². The van der Waals surface area contributed by atoms with E-state index in [1.54, 1.807) is 18.5 Å². The SMILES string of the molecule is Clc1cc(Cl)nc(Cl)n1.c1cncnc1. The summed E-state index contributed by atoms with van der Waals surface area (Å²) in [5, 5.41) is 0.563. The molecule has 0 aliphatic heterocycles. The summed E-state index contributed by atoms with van der Waals surface area (Å²) in [5.41, 5.74) is 0. The molecule has 2 aromatic heterocycles. The predicted molar refractivity (Wildman–Crippen MR) is 59.1 cm³/mol. The fourth-order valence-corrected chi connectivity index (χ4v) is 1.31. The lowest BCUT2D eigenvalue weighted by molar-refractivity contribution is 1.17. The molecule has 0 saturated carbocycles. The van der Waals surface area contributed by atoms with Crippen molar-refractivity contribution in [3.8, 4) is 0 Å². The summed E-state index contributed by atoms with van der Waals surface area (Å²) in [7, 11) is 0. The third-order valence-corrected chi connectivity index (χ3v) is 1.67. The van der Waals surface area contributed by atoms with Crippen molar-refractivity contribution in [2.24, 2.45) is 0 Å². The van der Waals surface area contributed by atoms with Gasteiger partial charge in [0.15, 0.2) is 0 Å². The van der Waals surface area contributed by atoms with E-state index in [4.69, 9.17) is 34.8 Å². The van der Waals surface area contributed by atoms with Gasteiger partial charge in [0.1, 0.15) is 16.6 Å². The molecule has 0 aliphatic carbocycles. The molecule has 0 N–H and O–H groups in total. The van der Waals surface area contributed by atoms with Gasteiger partial charge < -0.3 is 0 Å². The van der Waals surface area contributed by atoms with Crippen molar-refractivity contribution in [2.75, 3.05) is 0 Å². The van der Waals surface area contributed by atoms with Crippen molar-refractivity contribution < 1.29 is 0 Å². The first kappa shape index (κ1) is 12.1. The van der Waals surface area contributed by atoms with Gasteiger partial charge in [0.05, 0.1) is 0 Å². The molecule has 0 fully saturated rings. The van der Waals surface area contributed by atoms with E-state index in [9.17, 15) is 0 Å². The number of hydrogen-bond acceptors (Lipinski definition) is 4. The Labute approximate surface area is 101 Å². The van der Waals surface area contributed by atoms with Crippen molar-refractivity contribution in [3.63, 3.8) is 0 Å². The van der Waals surface area contributed by atoms with E-state index in [-0.39, 0.29) is 15.6 Å². The lowest BCUT2D eigenvalue weighted by Gasteiger charge is -1.89. The summed E-state index contributed by atoms with van der Waals surface area (Å²) in [4.78, 5) is 14.5. The minimum absolute atomic E-state index is 0.0625. The quantitative estimate of drug-likeness (QED) is 0.542. The van der Waals surface area contributed by atoms with Gasteiger partial charge in [0, 0.05) is 18.5 Å². The van der Waals surface area contributed by atoms with Crippen LogP contribution >= 0.6 is 34.8 Å². The molecule has 2 aromatic rings. The molecular formula is C8H5Cl3N4. The zero-order chi connectivity index (χ0) is 11.1. The zero-order valence-electron chi connectivity index (χ0n) is 7.31. The third kappa shape index (κ3) is 5.47. The second kappa shape index (κ2) is 6.50. The van der Waals surface area contributed by atoms with Crippen molar-refractivity contribution in [1.29, 1.82) is 0 Å². The topological polar surface area (TPSA) is 51.6 Å². The summed E-state index contributed by atoms with van der Waals surface area (Å²) in [5.74, 6) is 0. The number of nitrogens with zero attached hydrogens (tertiary/aromatic N) is 4. The van der Waals surface area contributed by atoms with Crippen molar-refractivity contribution >= 4 is 34.8 Å². The third-order valence-electron chi connectivity index (χ3n) is 1.11. The van der Waals surface area contributed by atoms with Gasteiger partial charge in [-0.25, -0.2) is 19.9 Å². The molecule has 2 heterocycles. The number of hydrogen-bond donors (Lipinski definition) is 0. The van der Waals surface area contributed by atoms with Crippen molar-refractivity contribution in [3.05, 3.63) is 46.4 Å². The number of halogens is 3. The Kier molecular flexibility index (Phi) is 5.25. The fourth-order valence-electron chi connectivity index (χ4n) is 0.617. The Morgan fingerprint density at radius 3 is 1.67 bits per heavy atom. The van der Waals surface area contributed by atoms with E-state index in [1.165, 1.54) is 12.4 Å². The molecule has 0 radical (unpaired) electrons. The average Bonchev–Trinajstić information content (AvgIpc) is 2.19. The van der Waals surface area contributed by atoms with Crippen LogP contribution in [-0.2, 0) is 0 Å². The second-order valence-electron chi connectivity index (χ2n) is 2.19. The number of rotatable bonds is 0. The molecule has 0 atom stereocenters. The van der Waals surface area contributed by atoms with Crippen LogP contribution in [0.3, 0.4) is 0 Å². The van der Waals surface area contributed by atoms with Gasteiger partial charge in [0.25, 0.3) is 0 Å². The molecule has 0 unspecified atom stereocenters. The summed E-state index contributed by atoms with van der Waals surface area (Å²) >= 11 is 16.2. The lowest BCUT2D eigenvalue weighted by Crippen LogP contribution is -1.81. The molecule has 15 heavy (non-hydrogen) atoms. The Morgan fingerprint density at radius 1 is 0.867 bits per heavy atom. The molecule has 4 nitrogen and oxygen atoms in total. The Hall–Kier alpha value is -0.970. The van der Waals surface area contributed by atoms with Crippen LogP contribution in [0.5, 0.6) is 0 Å². The lowest BCUT2D eigenvalue weighted by atomic mass is 10.7. The molecule has 0 saturated heterocycles. The van der Waals surface area contributed by atoms with E-state index in [1.807, 2.05) is 0 Å². The highest BCUT2D eigenvalue weighted by Crippen LogP contribution is 2.13. The second-order valence-corrected chi connectivity index (χ2v) is 3.30. The fraction of sp³-hybridized carbons (Fsp3) is 0. The first-order chi connectivity index (χ1) is 7.18. The standard InChI is InChI=1S/C4HCl3N2.C4H4N2/c5-2-1-3(6)9-4(7)8-2;1-2-5-4-6-3-1/h1H;1-4H. The van der Waals surface area contributed by atoms with E-state index >= 15 is 0 Å². The van der Waals surface area contributed by atoms with Gasteiger partial charge in [-0.15, -0.1) is 0 Å². The number of aromatic nitrogens is 4. The van der Waals surface area contributed by atoms with Crippen LogP contribution < -0.4 is 0 Å². The van der Waals surface area contributed by atoms with E-state index in [0.29, 0.717) is 0 Å². The average molecular weight is 264 g/mol. The molecule has 7 heteroatoms. The highest BCUT2D eigenvalue weighted by Gasteiger charge is 1.95. The Morgan fingerprint density at radius 2 is 1.40 bits per heavy atom.